The predicted molar refractivity (Wildman–Crippen MR) is 75.5 cm³/mol. The van der Waals surface area contributed by atoms with Crippen LogP contribution in [0, 0.1) is 6.92 Å². The second kappa shape index (κ2) is 5.99. The molecule has 110 valence electrons. The highest BCUT2D eigenvalue weighted by atomic mass is 35.5. The number of hydrogen-bond donors (Lipinski definition) is 1. The summed E-state index contributed by atoms with van der Waals surface area (Å²) in [5.74, 6) is -0.135. The molecule has 0 atom stereocenters. The van der Waals surface area contributed by atoms with E-state index in [4.69, 9.17) is 28.9 Å². The zero-order valence-corrected chi connectivity index (χ0v) is 12.3. The van der Waals surface area contributed by atoms with E-state index in [1.807, 2.05) is 0 Å². The third-order valence-electron chi connectivity index (χ3n) is 2.47. The Kier molecular flexibility index (Phi) is 5.01. The first-order valence-electron chi connectivity index (χ1n) is 5.04. The monoisotopic (exact) mass is 344 g/mol. The van der Waals surface area contributed by atoms with Crippen LogP contribution in [0.3, 0.4) is 0 Å². The normalized spacial score (nSPS) is 10.7. The van der Waals surface area contributed by atoms with Crippen molar-refractivity contribution in [2.75, 3.05) is 5.73 Å². The van der Waals surface area contributed by atoms with Gasteiger partial charge in [-0.3, -0.25) is 0 Å². The summed E-state index contributed by atoms with van der Waals surface area (Å²) in [4.78, 5) is 11.8. The highest BCUT2D eigenvalue weighted by molar-refractivity contribution is 6.37. The van der Waals surface area contributed by atoms with Crippen molar-refractivity contribution in [1.82, 2.24) is 14.3 Å². The molecule has 1 aromatic carbocycles. The van der Waals surface area contributed by atoms with Gasteiger partial charge in [0.2, 0.25) is 0 Å². The Hall–Kier alpha value is -1.31. The van der Waals surface area contributed by atoms with E-state index in [1.165, 1.54) is 19.1 Å². The SMILES string of the molecule is Cc1nn(-c2cc(N)c(Cl)cc2Cl)c(=O)n1C(F)F.Cl. The Labute approximate surface area is 128 Å². The highest BCUT2D eigenvalue weighted by Gasteiger charge is 2.20. The summed E-state index contributed by atoms with van der Waals surface area (Å²) >= 11 is 11.7. The Balaban J connectivity index is 0.00000200. The van der Waals surface area contributed by atoms with Crippen LogP contribution in [0.25, 0.3) is 5.69 Å². The third kappa shape index (κ3) is 2.74. The topological polar surface area (TPSA) is 65.8 Å². The summed E-state index contributed by atoms with van der Waals surface area (Å²) < 4.78 is 26.4. The quantitative estimate of drug-likeness (QED) is 0.851. The van der Waals surface area contributed by atoms with Gasteiger partial charge in [0.05, 0.1) is 21.4 Å². The van der Waals surface area contributed by atoms with Crippen LogP contribution in [0.4, 0.5) is 14.5 Å². The van der Waals surface area contributed by atoms with Crippen molar-refractivity contribution in [3.8, 4) is 5.69 Å². The van der Waals surface area contributed by atoms with Crippen molar-refractivity contribution >= 4 is 41.3 Å². The van der Waals surface area contributed by atoms with Crippen molar-refractivity contribution in [2.24, 2.45) is 0 Å². The minimum atomic E-state index is -2.98. The number of anilines is 1. The zero-order chi connectivity index (χ0) is 14.3. The Morgan fingerprint density at radius 1 is 1.30 bits per heavy atom. The number of halogens is 5. The summed E-state index contributed by atoms with van der Waals surface area (Å²) in [5, 5.41) is 4.02. The van der Waals surface area contributed by atoms with Gasteiger partial charge in [-0.1, -0.05) is 23.2 Å². The molecule has 2 N–H and O–H groups in total. The molecule has 2 aromatic rings. The molecule has 1 aromatic heterocycles. The summed E-state index contributed by atoms with van der Waals surface area (Å²) in [6.45, 7) is -1.69. The van der Waals surface area contributed by atoms with E-state index in [0.29, 0.717) is 0 Å². The molecule has 0 aliphatic heterocycles. The molecule has 0 amide bonds. The van der Waals surface area contributed by atoms with Crippen LogP contribution in [0.2, 0.25) is 10.0 Å². The molecule has 5 nitrogen and oxygen atoms in total. The van der Waals surface area contributed by atoms with Gasteiger partial charge >= 0.3 is 12.2 Å². The number of nitrogen functional groups attached to an aromatic ring is 1. The minimum Gasteiger partial charge on any atom is -0.397 e. The van der Waals surface area contributed by atoms with Crippen molar-refractivity contribution in [3.63, 3.8) is 0 Å². The van der Waals surface area contributed by atoms with Gasteiger partial charge in [0.1, 0.15) is 5.82 Å². The van der Waals surface area contributed by atoms with Gasteiger partial charge < -0.3 is 5.73 Å². The molecular weight excluding hydrogens is 336 g/mol. The van der Waals surface area contributed by atoms with Crippen molar-refractivity contribution in [1.29, 1.82) is 0 Å². The van der Waals surface area contributed by atoms with Gasteiger partial charge in [-0.2, -0.15) is 13.5 Å². The lowest BCUT2D eigenvalue weighted by Crippen LogP contribution is -2.25. The van der Waals surface area contributed by atoms with Gasteiger partial charge in [0.15, 0.2) is 0 Å². The zero-order valence-electron chi connectivity index (χ0n) is 9.98. The Morgan fingerprint density at radius 2 is 1.90 bits per heavy atom. The first-order valence-corrected chi connectivity index (χ1v) is 5.79. The summed E-state index contributed by atoms with van der Waals surface area (Å²) in [6, 6.07) is 2.62. The fourth-order valence-electron chi connectivity index (χ4n) is 1.57. The van der Waals surface area contributed by atoms with Crippen LogP contribution in [-0.4, -0.2) is 14.3 Å². The smallest absolute Gasteiger partial charge is 0.355 e. The Bertz CT molecular complexity index is 699. The molecule has 0 unspecified atom stereocenters. The average Bonchev–Trinajstić information content (AvgIpc) is 2.59. The van der Waals surface area contributed by atoms with Crippen molar-refractivity contribution < 1.29 is 8.78 Å². The summed E-state index contributed by atoms with van der Waals surface area (Å²) in [7, 11) is 0. The predicted octanol–water partition coefficient (Wildman–Crippen LogP) is 3.05. The number of hydrogen-bond acceptors (Lipinski definition) is 3. The van der Waals surface area contributed by atoms with Gasteiger partial charge in [-0.25, -0.2) is 9.36 Å². The first kappa shape index (κ1) is 16.7. The number of rotatable bonds is 2. The van der Waals surface area contributed by atoms with E-state index < -0.39 is 12.2 Å². The Morgan fingerprint density at radius 3 is 2.40 bits per heavy atom. The van der Waals surface area contributed by atoms with E-state index in [0.717, 1.165) is 4.68 Å². The summed E-state index contributed by atoms with van der Waals surface area (Å²) in [5.41, 5.74) is 4.85. The van der Waals surface area contributed by atoms with Gasteiger partial charge in [0, 0.05) is 0 Å². The minimum absolute atomic E-state index is 0. The van der Waals surface area contributed by atoms with Crippen LogP contribution in [0.15, 0.2) is 16.9 Å². The van der Waals surface area contributed by atoms with E-state index in [-0.39, 0.29) is 44.2 Å². The molecule has 0 aliphatic carbocycles. The van der Waals surface area contributed by atoms with E-state index in [2.05, 4.69) is 5.10 Å². The number of nitrogens with zero attached hydrogens (tertiary/aromatic N) is 3. The van der Waals surface area contributed by atoms with Crippen LogP contribution >= 0.6 is 35.6 Å². The second-order valence-corrected chi connectivity index (χ2v) is 4.53. The van der Waals surface area contributed by atoms with Gasteiger partial charge in [-0.05, 0) is 19.1 Å². The second-order valence-electron chi connectivity index (χ2n) is 3.71. The van der Waals surface area contributed by atoms with Gasteiger partial charge in [-0.15, -0.1) is 17.5 Å². The van der Waals surface area contributed by atoms with Crippen LogP contribution < -0.4 is 11.4 Å². The van der Waals surface area contributed by atoms with Crippen LogP contribution in [0.5, 0.6) is 0 Å². The molecular formula is C10H9Cl3F2N4O. The maximum Gasteiger partial charge on any atom is 0.355 e. The molecule has 2 rings (SSSR count). The maximum atomic E-state index is 12.7. The number of benzene rings is 1. The van der Waals surface area contributed by atoms with E-state index >= 15 is 0 Å². The first-order chi connectivity index (χ1) is 8.82. The fraction of sp³-hybridized carbons (Fsp3) is 0.200. The molecule has 0 aliphatic rings. The lowest BCUT2D eigenvalue weighted by molar-refractivity contribution is 0.0640. The molecule has 20 heavy (non-hydrogen) atoms. The van der Waals surface area contributed by atoms with Gasteiger partial charge in [0.25, 0.3) is 0 Å². The fourth-order valence-corrected chi connectivity index (χ4v) is 2.04. The summed E-state index contributed by atoms with van der Waals surface area (Å²) in [6.07, 6.45) is 0. The number of aryl methyl sites for hydroxylation is 1. The molecule has 0 bridgehead atoms. The molecule has 0 saturated heterocycles. The largest absolute Gasteiger partial charge is 0.397 e. The molecule has 1 heterocycles. The lowest BCUT2D eigenvalue weighted by Gasteiger charge is -2.05. The molecule has 0 radical (unpaired) electrons. The standard InChI is InChI=1S/C10H8Cl2F2N4O.ClH/c1-4-16-18(10(19)17(4)9(13)14)8-3-7(15)5(11)2-6(8)12;/h2-3,9H,15H2,1H3;1H. The highest BCUT2D eigenvalue weighted by Crippen LogP contribution is 2.28. The molecule has 10 heteroatoms. The van der Waals surface area contributed by atoms with E-state index in [1.54, 1.807) is 0 Å². The van der Waals surface area contributed by atoms with Crippen LogP contribution in [0.1, 0.15) is 12.4 Å². The molecule has 0 saturated carbocycles. The maximum absolute atomic E-state index is 12.7. The van der Waals surface area contributed by atoms with Crippen LogP contribution in [-0.2, 0) is 0 Å². The molecule has 0 spiro atoms. The van der Waals surface area contributed by atoms with Crippen molar-refractivity contribution in [3.05, 3.63) is 38.5 Å². The number of nitrogens with two attached hydrogens (primary N) is 1. The lowest BCUT2D eigenvalue weighted by atomic mass is 10.3. The van der Waals surface area contributed by atoms with Crippen molar-refractivity contribution in [2.45, 2.75) is 13.5 Å². The number of alkyl halides is 2. The number of aromatic nitrogens is 3. The van der Waals surface area contributed by atoms with E-state index in [9.17, 15) is 13.6 Å². The molecule has 0 fully saturated rings. The third-order valence-corrected chi connectivity index (χ3v) is 3.10. The average molecular weight is 346 g/mol.